The fourth-order valence-electron chi connectivity index (χ4n) is 1.03. The van der Waals surface area contributed by atoms with Crippen LogP contribution < -0.4 is 21.7 Å². The first-order valence-electron chi connectivity index (χ1n) is 5.13. The minimum absolute atomic E-state index is 0.133. The van der Waals surface area contributed by atoms with Crippen molar-refractivity contribution in [3.05, 3.63) is 0 Å². The van der Waals surface area contributed by atoms with Crippen LogP contribution in [0.1, 0.15) is 13.3 Å². The van der Waals surface area contributed by atoms with Gasteiger partial charge in [0.15, 0.2) is 0 Å². The fraction of sp³-hybridized carbons (Fsp3) is 0.556. The summed E-state index contributed by atoms with van der Waals surface area (Å²) < 4.78 is 0. The molecule has 4 amide bonds. The lowest BCUT2D eigenvalue weighted by Crippen LogP contribution is -2.48. The van der Waals surface area contributed by atoms with E-state index < -0.39 is 30.4 Å². The summed E-state index contributed by atoms with van der Waals surface area (Å²) in [5.41, 5.74) is 4.84. The first kappa shape index (κ1) is 15.7. The van der Waals surface area contributed by atoms with E-state index in [2.05, 4.69) is 16.0 Å². The molecule has 0 aromatic rings. The molecule has 0 aliphatic rings. The second-order valence-electron chi connectivity index (χ2n) is 3.44. The van der Waals surface area contributed by atoms with Crippen LogP contribution in [0.5, 0.6) is 0 Å². The Kier molecular flexibility index (Phi) is 6.86. The summed E-state index contributed by atoms with van der Waals surface area (Å²) in [7, 11) is 0. The molecule has 0 fully saturated rings. The van der Waals surface area contributed by atoms with Gasteiger partial charge < -0.3 is 26.8 Å². The van der Waals surface area contributed by atoms with Crippen LogP contribution >= 0.6 is 0 Å². The summed E-state index contributed by atoms with van der Waals surface area (Å²) in [6.07, 6.45) is -0.492. The average molecular weight is 260 g/mol. The summed E-state index contributed by atoms with van der Waals surface area (Å²) >= 11 is 0. The second-order valence-corrected chi connectivity index (χ2v) is 3.44. The number of hydrogen-bond donors (Lipinski definition) is 5. The Bertz CT molecular complexity index is 344. The molecule has 0 unspecified atom stereocenters. The zero-order valence-corrected chi connectivity index (χ0v) is 9.86. The number of nitrogens with one attached hydrogen (secondary N) is 3. The molecule has 0 spiro atoms. The number of amides is 4. The summed E-state index contributed by atoms with van der Waals surface area (Å²) in [4.78, 5) is 43.0. The van der Waals surface area contributed by atoms with Gasteiger partial charge in [0.2, 0.25) is 11.8 Å². The zero-order chi connectivity index (χ0) is 14.1. The third-order valence-electron chi connectivity index (χ3n) is 1.79. The van der Waals surface area contributed by atoms with Crippen LogP contribution in [0, 0.1) is 0 Å². The molecule has 0 aromatic carbocycles. The van der Waals surface area contributed by atoms with E-state index >= 15 is 0 Å². The van der Waals surface area contributed by atoms with Crippen molar-refractivity contribution in [1.82, 2.24) is 16.0 Å². The fourth-order valence-corrected chi connectivity index (χ4v) is 1.03. The van der Waals surface area contributed by atoms with Crippen LogP contribution in [-0.2, 0) is 14.4 Å². The van der Waals surface area contributed by atoms with Gasteiger partial charge in [-0.1, -0.05) is 0 Å². The van der Waals surface area contributed by atoms with Crippen LogP contribution in [0.3, 0.4) is 0 Å². The molecule has 0 radical (unpaired) electrons. The summed E-state index contributed by atoms with van der Waals surface area (Å²) in [6.45, 7) is 1.68. The summed E-state index contributed by atoms with van der Waals surface area (Å²) in [5.74, 6) is -2.43. The molecule has 1 atom stereocenters. The van der Waals surface area contributed by atoms with Crippen LogP contribution in [0.15, 0.2) is 0 Å². The normalized spacial score (nSPS) is 11.2. The molecule has 6 N–H and O–H groups in total. The van der Waals surface area contributed by atoms with Crippen LogP contribution in [0.4, 0.5) is 4.79 Å². The smallest absolute Gasteiger partial charge is 0.326 e. The highest BCUT2D eigenvalue weighted by Gasteiger charge is 2.21. The Balaban J connectivity index is 3.99. The standard InChI is InChI=1S/C9H16N4O5/c1-5(14)11-2-3-12-9(18)13-6(8(16)17)4-7(10)15/h6H,2-4H2,1H3,(H2,10,15)(H,11,14)(H,16,17)(H2,12,13,18)/t6-/m1/s1. The maximum Gasteiger partial charge on any atom is 0.326 e. The highest BCUT2D eigenvalue weighted by atomic mass is 16.4. The molecule has 0 aromatic heterocycles. The van der Waals surface area contributed by atoms with Crippen LogP contribution in [0.25, 0.3) is 0 Å². The summed E-state index contributed by atoms with van der Waals surface area (Å²) in [5, 5.41) is 15.5. The quantitative estimate of drug-likeness (QED) is 0.327. The molecular formula is C9H16N4O5. The lowest BCUT2D eigenvalue weighted by molar-refractivity contribution is -0.140. The number of carboxylic acid groups (broad SMARTS) is 1. The van der Waals surface area contributed by atoms with Crippen molar-refractivity contribution in [2.75, 3.05) is 13.1 Å². The Labute approximate surface area is 103 Å². The Morgan fingerprint density at radius 1 is 1.17 bits per heavy atom. The van der Waals surface area contributed by atoms with Crippen molar-refractivity contribution in [2.24, 2.45) is 5.73 Å². The van der Waals surface area contributed by atoms with Crippen molar-refractivity contribution in [2.45, 2.75) is 19.4 Å². The van der Waals surface area contributed by atoms with E-state index in [4.69, 9.17) is 10.8 Å². The van der Waals surface area contributed by atoms with Crippen molar-refractivity contribution < 1.29 is 24.3 Å². The molecule has 0 heterocycles. The monoisotopic (exact) mass is 260 g/mol. The Morgan fingerprint density at radius 3 is 2.17 bits per heavy atom. The van der Waals surface area contributed by atoms with Gasteiger partial charge in [0.25, 0.3) is 0 Å². The van der Waals surface area contributed by atoms with E-state index in [1.54, 1.807) is 0 Å². The molecule has 0 bridgehead atoms. The average Bonchev–Trinajstić information content (AvgIpc) is 2.22. The third-order valence-corrected chi connectivity index (χ3v) is 1.79. The van der Waals surface area contributed by atoms with Crippen LogP contribution in [0.2, 0.25) is 0 Å². The van der Waals surface area contributed by atoms with E-state index in [9.17, 15) is 19.2 Å². The maximum atomic E-state index is 11.2. The van der Waals surface area contributed by atoms with Gasteiger partial charge in [0, 0.05) is 20.0 Å². The van der Waals surface area contributed by atoms with Crippen molar-refractivity contribution >= 4 is 23.8 Å². The van der Waals surface area contributed by atoms with Gasteiger partial charge >= 0.3 is 12.0 Å². The van der Waals surface area contributed by atoms with Gasteiger partial charge in [-0.3, -0.25) is 9.59 Å². The van der Waals surface area contributed by atoms with Crippen molar-refractivity contribution in [1.29, 1.82) is 0 Å². The van der Waals surface area contributed by atoms with Gasteiger partial charge in [0.05, 0.1) is 6.42 Å². The molecule has 0 aliphatic carbocycles. The number of aliphatic carboxylic acids is 1. The highest BCUT2D eigenvalue weighted by molar-refractivity contribution is 5.87. The first-order chi connectivity index (χ1) is 8.32. The molecular weight excluding hydrogens is 244 g/mol. The van der Waals surface area contributed by atoms with E-state index in [1.165, 1.54) is 6.92 Å². The number of nitrogens with two attached hydrogens (primary N) is 1. The Hall–Kier alpha value is -2.32. The largest absolute Gasteiger partial charge is 0.480 e. The summed E-state index contributed by atoms with van der Waals surface area (Å²) in [6, 6.07) is -2.13. The SMILES string of the molecule is CC(=O)NCCNC(=O)N[C@H](CC(N)=O)C(=O)O. The van der Waals surface area contributed by atoms with E-state index in [-0.39, 0.29) is 19.0 Å². The minimum atomic E-state index is -1.37. The topological polar surface area (TPSA) is 151 Å². The Morgan fingerprint density at radius 2 is 1.72 bits per heavy atom. The van der Waals surface area contributed by atoms with Gasteiger partial charge in [-0.2, -0.15) is 0 Å². The molecule has 9 nitrogen and oxygen atoms in total. The number of carbonyl (C=O) groups excluding carboxylic acids is 3. The van der Waals surface area contributed by atoms with E-state index in [1.807, 2.05) is 0 Å². The van der Waals surface area contributed by atoms with Gasteiger partial charge in [-0.05, 0) is 0 Å². The van der Waals surface area contributed by atoms with Crippen molar-refractivity contribution in [3.63, 3.8) is 0 Å². The molecule has 0 aliphatic heterocycles. The molecule has 0 saturated carbocycles. The molecule has 18 heavy (non-hydrogen) atoms. The van der Waals surface area contributed by atoms with Crippen LogP contribution in [-0.4, -0.2) is 48.1 Å². The molecule has 9 heteroatoms. The first-order valence-corrected chi connectivity index (χ1v) is 5.13. The lowest BCUT2D eigenvalue weighted by Gasteiger charge is -2.13. The molecule has 0 saturated heterocycles. The van der Waals surface area contributed by atoms with Gasteiger partial charge in [-0.25, -0.2) is 9.59 Å². The predicted molar refractivity (Wildman–Crippen MR) is 60.5 cm³/mol. The van der Waals surface area contributed by atoms with Crippen molar-refractivity contribution in [3.8, 4) is 0 Å². The van der Waals surface area contributed by atoms with E-state index in [0.717, 1.165) is 0 Å². The predicted octanol–water partition coefficient (Wildman–Crippen LogP) is -2.25. The number of urea groups is 1. The number of hydrogen-bond acceptors (Lipinski definition) is 4. The van der Waals surface area contributed by atoms with Gasteiger partial charge in [0.1, 0.15) is 6.04 Å². The minimum Gasteiger partial charge on any atom is -0.480 e. The number of carboxylic acids is 1. The molecule has 0 rings (SSSR count). The highest BCUT2D eigenvalue weighted by Crippen LogP contribution is 1.91. The second kappa shape index (κ2) is 7.87. The third kappa shape index (κ3) is 7.91. The lowest BCUT2D eigenvalue weighted by atomic mass is 10.2. The molecule has 102 valence electrons. The number of carbonyl (C=O) groups is 4. The number of rotatable bonds is 7. The zero-order valence-electron chi connectivity index (χ0n) is 9.86. The maximum absolute atomic E-state index is 11.2. The number of primary amides is 1. The van der Waals surface area contributed by atoms with Gasteiger partial charge in [-0.15, -0.1) is 0 Å². The van der Waals surface area contributed by atoms with E-state index in [0.29, 0.717) is 0 Å².